The molecule has 0 spiro atoms. The number of benzene rings is 1. The molecule has 0 aliphatic rings. The summed E-state index contributed by atoms with van der Waals surface area (Å²) in [4.78, 5) is 8.23. The van der Waals surface area contributed by atoms with Crippen LogP contribution < -0.4 is 14.2 Å². The number of thiazole rings is 1. The third-order valence-corrected chi connectivity index (χ3v) is 10.2. The summed E-state index contributed by atoms with van der Waals surface area (Å²) in [6.07, 6.45) is 2.78. The molecule has 4 aromatic rings. The van der Waals surface area contributed by atoms with Crippen LogP contribution in [0.15, 0.2) is 45.9 Å². The number of ether oxygens (including phenoxy) is 2. The Bertz CT molecular complexity index is 1720. The summed E-state index contributed by atoms with van der Waals surface area (Å²) >= 11 is 1.16. The van der Waals surface area contributed by atoms with Crippen molar-refractivity contribution in [2.24, 2.45) is 0 Å². The normalized spacial score (nSPS) is 12.6. The number of nitrogens with zero attached hydrogens (tertiary/aromatic N) is 3. The number of hydrogen-bond donors (Lipinski definition) is 1. The van der Waals surface area contributed by atoms with Gasteiger partial charge in [0.25, 0.3) is 10.0 Å². The molecule has 1 N–H and O–H groups in total. The highest BCUT2D eigenvalue weighted by atomic mass is 32.2. The fourth-order valence-corrected chi connectivity index (χ4v) is 6.88. The average Bonchev–Trinajstić information content (AvgIpc) is 3.43. The van der Waals surface area contributed by atoms with E-state index in [1.165, 1.54) is 48.5 Å². The molecule has 37 heavy (non-hydrogen) atoms. The van der Waals surface area contributed by atoms with Gasteiger partial charge in [0.05, 0.1) is 41.6 Å². The lowest BCUT2D eigenvalue weighted by Gasteiger charge is -2.21. The first kappa shape index (κ1) is 26.8. The molecule has 0 bridgehead atoms. The zero-order valence-corrected chi connectivity index (χ0v) is 23.3. The lowest BCUT2D eigenvalue weighted by Crippen LogP contribution is -2.28. The first-order valence-corrected chi connectivity index (χ1v) is 14.7. The van der Waals surface area contributed by atoms with Gasteiger partial charge in [0, 0.05) is 23.2 Å². The predicted molar refractivity (Wildman–Crippen MR) is 138 cm³/mol. The van der Waals surface area contributed by atoms with Crippen molar-refractivity contribution in [1.29, 1.82) is 0 Å². The molecule has 10 nitrogen and oxygen atoms in total. The van der Waals surface area contributed by atoms with Gasteiger partial charge < -0.3 is 9.47 Å². The van der Waals surface area contributed by atoms with Crippen molar-refractivity contribution in [3.05, 3.63) is 46.8 Å². The van der Waals surface area contributed by atoms with Crippen LogP contribution in [0.1, 0.15) is 25.8 Å². The van der Waals surface area contributed by atoms with Gasteiger partial charge in [0.2, 0.25) is 0 Å². The minimum atomic E-state index is -4.14. The van der Waals surface area contributed by atoms with E-state index in [1.807, 2.05) is 0 Å². The van der Waals surface area contributed by atoms with E-state index in [9.17, 15) is 16.8 Å². The molecule has 3 heterocycles. The number of fused-ring (bicyclic) bond motifs is 1. The van der Waals surface area contributed by atoms with Crippen LogP contribution in [0, 0.1) is 12.7 Å². The van der Waals surface area contributed by atoms with E-state index in [4.69, 9.17) is 9.47 Å². The van der Waals surface area contributed by atoms with E-state index in [0.717, 1.165) is 17.4 Å². The molecule has 0 saturated carbocycles. The summed E-state index contributed by atoms with van der Waals surface area (Å²) in [5.74, 6) is -1.03. The number of imidazole rings is 1. The van der Waals surface area contributed by atoms with Gasteiger partial charge in [-0.1, -0.05) is 0 Å². The zero-order chi connectivity index (χ0) is 27.3. The summed E-state index contributed by atoms with van der Waals surface area (Å²) in [6.45, 7) is 6.38. The van der Waals surface area contributed by atoms with Crippen LogP contribution in [0.4, 0.5) is 10.1 Å². The van der Waals surface area contributed by atoms with Crippen molar-refractivity contribution >= 4 is 42.5 Å². The fraction of sp³-hybridized carbons (Fsp3) is 0.304. The smallest absolute Gasteiger partial charge is 0.280 e. The Hall–Kier alpha value is -3.23. The van der Waals surface area contributed by atoms with Gasteiger partial charge in [-0.2, -0.15) is 8.42 Å². The Balaban J connectivity index is 1.90. The maximum Gasteiger partial charge on any atom is 0.280 e. The number of pyridine rings is 1. The summed E-state index contributed by atoms with van der Waals surface area (Å²) in [7, 11) is -5.39. The van der Waals surface area contributed by atoms with Gasteiger partial charge in [-0.05, 0) is 39.8 Å². The van der Waals surface area contributed by atoms with E-state index in [0.29, 0.717) is 16.3 Å². The Morgan fingerprint density at radius 1 is 1.08 bits per heavy atom. The largest absolute Gasteiger partial charge is 0.495 e. The first-order chi connectivity index (χ1) is 17.2. The first-order valence-electron chi connectivity index (χ1n) is 10.8. The Kier molecular flexibility index (Phi) is 6.71. The number of anilines is 1. The summed E-state index contributed by atoms with van der Waals surface area (Å²) in [5.41, 5.74) is 0.724. The molecule has 0 atom stereocenters. The second-order valence-electron chi connectivity index (χ2n) is 9.04. The number of halogens is 1. The average molecular weight is 569 g/mol. The highest BCUT2D eigenvalue weighted by molar-refractivity contribution is 7.93. The van der Waals surface area contributed by atoms with Gasteiger partial charge in [-0.25, -0.2) is 22.8 Å². The van der Waals surface area contributed by atoms with Crippen molar-refractivity contribution in [3.63, 3.8) is 0 Å². The standard InChI is InChI=1S/C23H25FN4O6S3/c1-13-26-21(12-35-13)37(31,32)27-16-8-14(7-15(24)22(16)34-6)17-10-25-20-9-18(33-5)19(11-28(17)20)36(29,30)23(2,3)4/h7-12,27H,1-6H3. The van der Waals surface area contributed by atoms with E-state index in [-0.39, 0.29) is 32.7 Å². The van der Waals surface area contributed by atoms with Gasteiger partial charge in [0.15, 0.2) is 26.4 Å². The third kappa shape index (κ3) is 4.76. The van der Waals surface area contributed by atoms with Gasteiger partial charge >= 0.3 is 0 Å². The molecular formula is C23H25FN4O6S3. The summed E-state index contributed by atoms with van der Waals surface area (Å²) in [6, 6.07) is 4.00. The fourth-order valence-electron chi connectivity index (χ4n) is 3.58. The number of rotatable bonds is 7. The van der Waals surface area contributed by atoms with Crippen LogP contribution in [0.3, 0.4) is 0 Å². The lowest BCUT2D eigenvalue weighted by atomic mass is 10.1. The summed E-state index contributed by atoms with van der Waals surface area (Å²) < 4.78 is 80.5. The van der Waals surface area contributed by atoms with Crippen molar-refractivity contribution < 1.29 is 30.7 Å². The number of aromatic nitrogens is 3. The highest BCUT2D eigenvalue weighted by Crippen LogP contribution is 2.38. The molecule has 0 aliphatic carbocycles. The predicted octanol–water partition coefficient (Wildman–Crippen LogP) is 4.30. The maximum atomic E-state index is 15.1. The van der Waals surface area contributed by atoms with Gasteiger partial charge in [-0.15, -0.1) is 11.3 Å². The van der Waals surface area contributed by atoms with Crippen molar-refractivity contribution in [1.82, 2.24) is 14.4 Å². The summed E-state index contributed by atoms with van der Waals surface area (Å²) in [5, 5.41) is 1.72. The molecule has 0 amide bonds. The topological polar surface area (TPSA) is 129 Å². The molecule has 0 saturated heterocycles. The Morgan fingerprint density at radius 2 is 1.78 bits per heavy atom. The quantitative estimate of drug-likeness (QED) is 0.350. The number of methoxy groups -OCH3 is 2. The van der Waals surface area contributed by atoms with E-state index < -0.39 is 30.4 Å². The van der Waals surface area contributed by atoms with Crippen LogP contribution in [0.5, 0.6) is 11.5 Å². The molecule has 3 aromatic heterocycles. The third-order valence-electron chi connectivity index (χ3n) is 5.55. The molecule has 0 fully saturated rings. The molecule has 0 radical (unpaired) electrons. The van der Waals surface area contributed by atoms with E-state index in [1.54, 1.807) is 27.7 Å². The minimum Gasteiger partial charge on any atom is -0.495 e. The van der Waals surface area contributed by atoms with Crippen molar-refractivity contribution in [3.8, 4) is 22.8 Å². The molecule has 0 unspecified atom stereocenters. The van der Waals surface area contributed by atoms with Crippen LogP contribution in [-0.4, -0.2) is 50.2 Å². The number of nitrogens with one attached hydrogen (secondary N) is 1. The van der Waals surface area contributed by atoms with Crippen LogP contribution >= 0.6 is 11.3 Å². The SMILES string of the molecule is COc1cc2ncc(-c3cc(F)c(OC)c(NS(=O)(=O)c4csc(C)n4)c3)n2cc1S(=O)(=O)C(C)(C)C. The van der Waals surface area contributed by atoms with E-state index in [2.05, 4.69) is 14.7 Å². The molecule has 1 aromatic carbocycles. The van der Waals surface area contributed by atoms with Crippen molar-refractivity contribution in [2.75, 3.05) is 18.9 Å². The molecule has 198 valence electrons. The maximum absolute atomic E-state index is 15.1. The highest BCUT2D eigenvalue weighted by Gasteiger charge is 2.34. The van der Waals surface area contributed by atoms with E-state index >= 15 is 4.39 Å². The van der Waals surface area contributed by atoms with Gasteiger partial charge in [0.1, 0.15) is 16.3 Å². The van der Waals surface area contributed by atoms with Crippen LogP contribution in [0.2, 0.25) is 0 Å². The second-order valence-corrected chi connectivity index (χ2v) is 14.4. The molecule has 4 rings (SSSR count). The minimum absolute atomic E-state index is 0.0666. The molecule has 0 aliphatic heterocycles. The van der Waals surface area contributed by atoms with Crippen molar-refractivity contribution in [2.45, 2.75) is 42.4 Å². The monoisotopic (exact) mass is 568 g/mol. The molecular weight excluding hydrogens is 543 g/mol. The number of sulfonamides is 1. The number of aryl methyl sites for hydroxylation is 1. The lowest BCUT2D eigenvalue weighted by molar-refractivity contribution is 0.389. The number of sulfone groups is 1. The zero-order valence-electron chi connectivity index (χ0n) is 20.9. The van der Waals surface area contributed by atoms with Crippen LogP contribution in [0.25, 0.3) is 16.9 Å². The Morgan fingerprint density at radius 3 is 2.35 bits per heavy atom. The number of hydrogen-bond acceptors (Lipinski definition) is 9. The van der Waals surface area contributed by atoms with Gasteiger partial charge in [-0.3, -0.25) is 9.12 Å². The second kappa shape index (κ2) is 9.26. The van der Waals surface area contributed by atoms with Crippen LogP contribution in [-0.2, 0) is 19.9 Å². The Labute approximate surface area is 218 Å². The molecule has 14 heteroatoms.